The van der Waals surface area contributed by atoms with E-state index in [-0.39, 0.29) is 11.6 Å². The first-order valence-corrected chi connectivity index (χ1v) is 7.64. The topological polar surface area (TPSA) is 0 Å². The van der Waals surface area contributed by atoms with Crippen molar-refractivity contribution >= 4 is 6.08 Å². The Labute approximate surface area is 143 Å². The number of hydrogen-bond acceptors (Lipinski definition) is 0. The zero-order chi connectivity index (χ0) is 18.4. The van der Waals surface area contributed by atoms with Crippen molar-refractivity contribution in [3.63, 3.8) is 0 Å². The quantitative estimate of drug-likeness (QED) is 0.478. The Morgan fingerprint density at radius 1 is 0.920 bits per heavy atom. The van der Waals surface area contributed by atoms with E-state index in [1.165, 1.54) is 5.56 Å². The molecule has 0 spiro atoms. The van der Waals surface area contributed by atoms with Gasteiger partial charge in [0.15, 0.2) is 0 Å². The zero-order valence-electron chi connectivity index (χ0n) is 13.4. The summed E-state index contributed by atoms with van der Waals surface area (Å²) in [5.74, 6) is 3.21. The van der Waals surface area contributed by atoms with Crippen molar-refractivity contribution in [3.05, 3.63) is 76.4 Å². The summed E-state index contributed by atoms with van der Waals surface area (Å²) in [6.07, 6.45) is -2.50. The molecule has 0 saturated heterocycles. The molecule has 2 aromatic carbocycles. The first-order chi connectivity index (χ1) is 11.8. The number of benzene rings is 2. The molecule has 0 radical (unpaired) electrons. The molecule has 0 amide bonds. The third-order valence-electron chi connectivity index (χ3n) is 3.36. The standard InChI is InChI=1S/C20H15F5/c1-2-3-14-4-6-15(7-5-14)8-9-16-12-18(21)17(19(22)13-16)10-11-20(23,24)25/h4-7,10-13H,2-3H2,1H3. The molecular weight excluding hydrogens is 335 g/mol. The van der Waals surface area contributed by atoms with Crippen LogP contribution in [0.2, 0.25) is 0 Å². The van der Waals surface area contributed by atoms with E-state index < -0.39 is 23.4 Å². The SMILES string of the molecule is CCCc1ccc(C#Cc2cc(F)c(C=CC(F)(F)F)c(F)c2)cc1. The summed E-state index contributed by atoms with van der Waals surface area (Å²) in [6, 6.07) is 9.31. The molecule has 0 aromatic heterocycles. The Kier molecular flexibility index (Phi) is 5.97. The highest BCUT2D eigenvalue weighted by Gasteiger charge is 2.22. The van der Waals surface area contributed by atoms with Gasteiger partial charge in [0.1, 0.15) is 11.6 Å². The van der Waals surface area contributed by atoms with Crippen LogP contribution in [0.5, 0.6) is 0 Å². The monoisotopic (exact) mass is 350 g/mol. The average molecular weight is 350 g/mol. The molecule has 0 atom stereocenters. The van der Waals surface area contributed by atoms with Crippen molar-refractivity contribution in [3.8, 4) is 11.8 Å². The minimum absolute atomic E-state index is 0.0526. The van der Waals surface area contributed by atoms with Gasteiger partial charge in [-0.2, -0.15) is 13.2 Å². The molecule has 25 heavy (non-hydrogen) atoms. The Bertz CT molecular complexity index is 795. The first kappa shape index (κ1) is 18.7. The number of rotatable bonds is 3. The summed E-state index contributed by atoms with van der Waals surface area (Å²) in [5, 5.41) is 0. The van der Waals surface area contributed by atoms with Gasteiger partial charge in [0, 0.05) is 22.8 Å². The lowest BCUT2D eigenvalue weighted by molar-refractivity contribution is -0.0790. The summed E-state index contributed by atoms with van der Waals surface area (Å²) in [6.45, 7) is 2.07. The second kappa shape index (κ2) is 7.98. The summed E-state index contributed by atoms with van der Waals surface area (Å²) < 4.78 is 64.0. The predicted molar refractivity (Wildman–Crippen MR) is 87.9 cm³/mol. The molecule has 0 aliphatic rings. The molecule has 0 aliphatic heterocycles. The van der Waals surface area contributed by atoms with Gasteiger partial charge in [0.2, 0.25) is 0 Å². The smallest absolute Gasteiger partial charge is 0.206 e. The van der Waals surface area contributed by atoms with Crippen molar-refractivity contribution in [2.24, 2.45) is 0 Å². The van der Waals surface area contributed by atoms with Crippen LogP contribution < -0.4 is 0 Å². The summed E-state index contributed by atoms with van der Waals surface area (Å²) in [4.78, 5) is 0. The fourth-order valence-electron chi connectivity index (χ4n) is 2.18. The molecule has 130 valence electrons. The summed E-state index contributed by atoms with van der Waals surface area (Å²) in [5.41, 5.74) is 1.16. The molecule has 0 aliphatic carbocycles. The fraction of sp³-hybridized carbons (Fsp3) is 0.200. The number of halogens is 5. The van der Waals surface area contributed by atoms with E-state index in [0.717, 1.165) is 25.0 Å². The number of alkyl halides is 3. The Morgan fingerprint density at radius 3 is 2.00 bits per heavy atom. The van der Waals surface area contributed by atoms with E-state index in [0.29, 0.717) is 11.6 Å². The molecular formula is C20H15F5. The molecule has 2 rings (SSSR count). The zero-order valence-corrected chi connectivity index (χ0v) is 13.4. The van der Waals surface area contributed by atoms with Crippen LogP contribution >= 0.6 is 0 Å². The van der Waals surface area contributed by atoms with E-state index in [1.54, 1.807) is 0 Å². The summed E-state index contributed by atoms with van der Waals surface area (Å²) >= 11 is 0. The van der Waals surface area contributed by atoms with E-state index in [4.69, 9.17) is 0 Å². The molecule has 0 nitrogen and oxygen atoms in total. The number of aryl methyl sites for hydroxylation is 1. The van der Waals surface area contributed by atoms with Crippen molar-refractivity contribution < 1.29 is 22.0 Å². The largest absolute Gasteiger partial charge is 0.409 e. The van der Waals surface area contributed by atoms with Crippen molar-refractivity contribution in [1.82, 2.24) is 0 Å². The van der Waals surface area contributed by atoms with Gasteiger partial charge in [-0.1, -0.05) is 37.3 Å². The number of hydrogen-bond donors (Lipinski definition) is 0. The lowest BCUT2D eigenvalue weighted by Crippen LogP contribution is -2.01. The van der Waals surface area contributed by atoms with Gasteiger partial charge in [-0.25, -0.2) is 8.78 Å². The molecule has 0 unspecified atom stereocenters. The third-order valence-corrected chi connectivity index (χ3v) is 3.36. The number of allylic oxidation sites excluding steroid dienone is 1. The Hall–Kier alpha value is -2.61. The molecule has 0 bridgehead atoms. The van der Waals surface area contributed by atoms with Gasteiger partial charge in [-0.05, 0) is 42.3 Å². The molecule has 2 aromatic rings. The lowest BCUT2D eigenvalue weighted by atomic mass is 10.1. The van der Waals surface area contributed by atoms with Crippen LogP contribution in [-0.2, 0) is 6.42 Å². The molecule has 0 fully saturated rings. The van der Waals surface area contributed by atoms with E-state index in [1.807, 2.05) is 24.3 Å². The van der Waals surface area contributed by atoms with Gasteiger partial charge >= 0.3 is 6.18 Å². The van der Waals surface area contributed by atoms with Gasteiger partial charge in [-0.3, -0.25) is 0 Å². The van der Waals surface area contributed by atoms with Crippen LogP contribution in [0.3, 0.4) is 0 Å². The Morgan fingerprint density at radius 2 is 1.48 bits per heavy atom. The normalized spacial score (nSPS) is 11.4. The van der Waals surface area contributed by atoms with E-state index >= 15 is 0 Å². The molecule has 0 saturated carbocycles. The maximum Gasteiger partial charge on any atom is 0.409 e. The van der Waals surface area contributed by atoms with Gasteiger partial charge in [0.25, 0.3) is 0 Å². The van der Waals surface area contributed by atoms with Crippen LogP contribution in [0.1, 0.15) is 35.6 Å². The van der Waals surface area contributed by atoms with Crippen LogP contribution in [0.4, 0.5) is 22.0 Å². The fourth-order valence-corrected chi connectivity index (χ4v) is 2.18. The van der Waals surface area contributed by atoms with Crippen LogP contribution in [0, 0.1) is 23.5 Å². The van der Waals surface area contributed by atoms with Crippen LogP contribution in [0.15, 0.2) is 42.5 Å². The first-order valence-electron chi connectivity index (χ1n) is 7.64. The van der Waals surface area contributed by atoms with Gasteiger partial charge in [-0.15, -0.1) is 0 Å². The highest BCUT2D eigenvalue weighted by Crippen LogP contribution is 2.22. The molecule has 0 N–H and O–H groups in total. The van der Waals surface area contributed by atoms with Crippen molar-refractivity contribution in [1.29, 1.82) is 0 Å². The summed E-state index contributed by atoms with van der Waals surface area (Å²) in [7, 11) is 0. The predicted octanol–water partition coefficient (Wildman–Crippen LogP) is 5.89. The maximum absolute atomic E-state index is 13.8. The highest BCUT2D eigenvalue weighted by molar-refractivity contribution is 5.54. The molecule has 5 heteroatoms. The minimum atomic E-state index is -4.64. The third kappa shape index (κ3) is 5.75. The molecule has 0 heterocycles. The van der Waals surface area contributed by atoms with Gasteiger partial charge in [0.05, 0.1) is 0 Å². The maximum atomic E-state index is 13.8. The van der Waals surface area contributed by atoms with Crippen molar-refractivity contribution in [2.75, 3.05) is 0 Å². The van der Waals surface area contributed by atoms with E-state index in [2.05, 4.69) is 18.8 Å². The lowest BCUT2D eigenvalue weighted by Gasteiger charge is -2.02. The minimum Gasteiger partial charge on any atom is -0.206 e. The second-order valence-corrected chi connectivity index (χ2v) is 5.43. The second-order valence-electron chi connectivity index (χ2n) is 5.43. The van der Waals surface area contributed by atoms with E-state index in [9.17, 15) is 22.0 Å². The average Bonchev–Trinajstić information content (AvgIpc) is 2.52. The van der Waals surface area contributed by atoms with Gasteiger partial charge < -0.3 is 0 Å². The van der Waals surface area contributed by atoms with Crippen molar-refractivity contribution in [2.45, 2.75) is 25.9 Å². The highest BCUT2D eigenvalue weighted by atomic mass is 19.4. The Balaban J connectivity index is 2.23. The van der Waals surface area contributed by atoms with Crippen LogP contribution in [0.25, 0.3) is 6.08 Å². The van der Waals surface area contributed by atoms with Crippen LogP contribution in [-0.4, -0.2) is 6.18 Å².